The number of hydrogen-bond acceptors (Lipinski definition) is 3. The molecule has 2 rings (SSSR count). The van der Waals surface area contributed by atoms with Gasteiger partial charge >= 0.3 is 0 Å². The Bertz CT molecular complexity index is 672. The molecular formula is C12H14BrClN2O3S. The fourth-order valence-electron chi connectivity index (χ4n) is 1.67. The van der Waals surface area contributed by atoms with Crippen LogP contribution in [0.3, 0.4) is 0 Å². The van der Waals surface area contributed by atoms with Crippen molar-refractivity contribution in [2.75, 3.05) is 6.54 Å². The first-order valence-electron chi connectivity index (χ1n) is 5.92. The van der Waals surface area contributed by atoms with Crippen LogP contribution in [0.15, 0.2) is 21.5 Å². The number of amides is 1. The van der Waals surface area contributed by atoms with Gasteiger partial charge < -0.3 is 5.32 Å². The van der Waals surface area contributed by atoms with Crippen LogP contribution in [-0.4, -0.2) is 20.9 Å². The predicted octanol–water partition coefficient (Wildman–Crippen LogP) is 2.28. The van der Waals surface area contributed by atoms with E-state index >= 15 is 0 Å². The normalized spacial score (nSPS) is 16.8. The Balaban J connectivity index is 2.30. The molecule has 0 atom stereocenters. The van der Waals surface area contributed by atoms with Gasteiger partial charge in [0.15, 0.2) is 0 Å². The summed E-state index contributed by atoms with van der Waals surface area (Å²) in [6.45, 7) is 2.62. The van der Waals surface area contributed by atoms with E-state index in [2.05, 4.69) is 28.2 Å². The fourth-order valence-corrected chi connectivity index (χ4v) is 3.04. The second-order valence-electron chi connectivity index (χ2n) is 5.30. The fraction of sp³-hybridized carbons (Fsp3) is 0.417. The molecule has 0 aromatic heterocycles. The van der Waals surface area contributed by atoms with Crippen LogP contribution < -0.4 is 10.5 Å². The van der Waals surface area contributed by atoms with E-state index in [1.165, 1.54) is 12.1 Å². The number of benzene rings is 1. The van der Waals surface area contributed by atoms with Crippen molar-refractivity contribution in [1.29, 1.82) is 0 Å². The summed E-state index contributed by atoms with van der Waals surface area (Å²) in [6.07, 6.45) is 2.14. The molecule has 1 aromatic rings. The summed E-state index contributed by atoms with van der Waals surface area (Å²) in [7, 11) is -3.90. The van der Waals surface area contributed by atoms with Crippen molar-refractivity contribution in [1.82, 2.24) is 5.32 Å². The number of rotatable bonds is 4. The Kier molecular flexibility index (Phi) is 4.17. The van der Waals surface area contributed by atoms with Crippen molar-refractivity contribution < 1.29 is 13.2 Å². The number of primary sulfonamides is 1. The van der Waals surface area contributed by atoms with E-state index < -0.39 is 15.9 Å². The molecular weight excluding hydrogens is 368 g/mol. The van der Waals surface area contributed by atoms with Gasteiger partial charge in [-0.2, -0.15) is 0 Å². The number of nitrogens with one attached hydrogen (secondary N) is 1. The highest BCUT2D eigenvalue weighted by molar-refractivity contribution is 9.10. The van der Waals surface area contributed by atoms with Gasteiger partial charge in [-0.15, -0.1) is 0 Å². The van der Waals surface area contributed by atoms with Gasteiger partial charge in [0.1, 0.15) is 0 Å². The lowest BCUT2D eigenvalue weighted by Crippen LogP contribution is -2.29. The highest BCUT2D eigenvalue weighted by Gasteiger charge is 2.37. The highest BCUT2D eigenvalue weighted by atomic mass is 79.9. The molecule has 5 nitrogen and oxygen atoms in total. The van der Waals surface area contributed by atoms with Gasteiger partial charge in [-0.1, -0.05) is 18.5 Å². The van der Waals surface area contributed by atoms with E-state index in [1.54, 1.807) is 0 Å². The van der Waals surface area contributed by atoms with Crippen LogP contribution in [0.4, 0.5) is 0 Å². The summed E-state index contributed by atoms with van der Waals surface area (Å²) in [5, 5.41) is 8.01. The number of carbonyl (C=O) groups excluding carboxylic acids is 1. The smallest absolute Gasteiger partial charge is 0.252 e. The van der Waals surface area contributed by atoms with Gasteiger partial charge in [-0.3, -0.25) is 4.79 Å². The molecule has 1 aromatic carbocycles. The molecule has 1 fully saturated rings. The van der Waals surface area contributed by atoms with Crippen LogP contribution in [0.5, 0.6) is 0 Å². The second-order valence-corrected chi connectivity index (χ2v) is 8.10. The number of halogens is 2. The van der Waals surface area contributed by atoms with E-state index in [1.807, 2.05) is 0 Å². The van der Waals surface area contributed by atoms with E-state index in [9.17, 15) is 13.2 Å². The Labute approximate surface area is 131 Å². The zero-order chi connectivity index (χ0) is 15.1. The maximum absolute atomic E-state index is 12.1. The van der Waals surface area contributed by atoms with E-state index in [0.717, 1.165) is 12.8 Å². The zero-order valence-corrected chi connectivity index (χ0v) is 13.9. The van der Waals surface area contributed by atoms with Crippen molar-refractivity contribution in [3.8, 4) is 0 Å². The van der Waals surface area contributed by atoms with Gasteiger partial charge in [0.25, 0.3) is 5.91 Å². The van der Waals surface area contributed by atoms with Gasteiger partial charge in [-0.05, 0) is 46.3 Å². The average Bonchev–Trinajstić information content (AvgIpc) is 3.07. The van der Waals surface area contributed by atoms with Gasteiger partial charge in [0.05, 0.1) is 15.5 Å². The number of carbonyl (C=O) groups is 1. The van der Waals surface area contributed by atoms with Crippen LogP contribution >= 0.6 is 27.5 Å². The molecule has 3 N–H and O–H groups in total. The third kappa shape index (κ3) is 3.52. The van der Waals surface area contributed by atoms with Crippen LogP contribution in [0.1, 0.15) is 30.1 Å². The first-order chi connectivity index (χ1) is 9.12. The Morgan fingerprint density at radius 3 is 2.60 bits per heavy atom. The minimum atomic E-state index is -3.90. The molecule has 0 radical (unpaired) electrons. The highest BCUT2D eigenvalue weighted by Crippen LogP contribution is 2.44. The molecule has 0 aliphatic heterocycles. The number of sulfonamides is 1. The van der Waals surface area contributed by atoms with E-state index in [0.29, 0.717) is 11.0 Å². The Morgan fingerprint density at radius 2 is 2.10 bits per heavy atom. The van der Waals surface area contributed by atoms with Gasteiger partial charge in [-0.25, -0.2) is 13.6 Å². The van der Waals surface area contributed by atoms with Crippen LogP contribution in [0, 0.1) is 5.41 Å². The topological polar surface area (TPSA) is 89.3 Å². The minimum Gasteiger partial charge on any atom is -0.351 e. The van der Waals surface area contributed by atoms with E-state index in [4.69, 9.17) is 16.7 Å². The first-order valence-corrected chi connectivity index (χ1v) is 8.64. The summed E-state index contributed by atoms with van der Waals surface area (Å²) in [4.78, 5) is 12.0. The standard InChI is InChI=1S/C12H14BrClN2O3S/c1-12(2-3-12)6-16-11(17)8-4-7(20(15,18)19)5-9(13)10(8)14/h4-5H,2-3,6H2,1H3,(H,16,17)(H2,15,18,19). The molecule has 0 spiro atoms. The minimum absolute atomic E-state index is 0.0920. The largest absolute Gasteiger partial charge is 0.351 e. The lowest BCUT2D eigenvalue weighted by molar-refractivity contribution is 0.0946. The van der Waals surface area contributed by atoms with Crippen molar-refractivity contribution in [3.05, 3.63) is 27.2 Å². The molecule has 110 valence electrons. The second kappa shape index (κ2) is 5.29. The first kappa shape index (κ1) is 15.8. The van der Waals surface area contributed by atoms with Crippen molar-refractivity contribution in [3.63, 3.8) is 0 Å². The number of nitrogens with two attached hydrogens (primary N) is 1. The summed E-state index contributed by atoms with van der Waals surface area (Å²) in [5.41, 5.74) is 0.242. The van der Waals surface area contributed by atoms with Gasteiger partial charge in [0.2, 0.25) is 10.0 Å². The summed E-state index contributed by atoms with van der Waals surface area (Å²) < 4.78 is 23.1. The van der Waals surface area contributed by atoms with Crippen molar-refractivity contribution in [2.45, 2.75) is 24.7 Å². The lowest BCUT2D eigenvalue weighted by atomic mass is 10.1. The van der Waals surface area contributed by atoms with Gasteiger partial charge in [0, 0.05) is 11.0 Å². The number of hydrogen-bond donors (Lipinski definition) is 2. The molecule has 1 aliphatic carbocycles. The zero-order valence-electron chi connectivity index (χ0n) is 10.7. The maximum atomic E-state index is 12.1. The average molecular weight is 382 g/mol. The molecule has 20 heavy (non-hydrogen) atoms. The molecule has 1 aliphatic rings. The van der Waals surface area contributed by atoms with Crippen LogP contribution in [-0.2, 0) is 10.0 Å². The third-order valence-corrected chi connectivity index (χ3v) is 5.51. The van der Waals surface area contributed by atoms with Crippen LogP contribution in [0.25, 0.3) is 0 Å². The lowest BCUT2D eigenvalue weighted by Gasteiger charge is -2.12. The molecule has 0 heterocycles. The SMILES string of the molecule is CC1(CNC(=O)c2cc(S(N)(=O)=O)cc(Br)c2Cl)CC1. The van der Waals surface area contributed by atoms with E-state index in [-0.39, 0.29) is 20.9 Å². The molecule has 1 saturated carbocycles. The maximum Gasteiger partial charge on any atom is 0.252 e. The molecule has 0 bridgehead atoms. The molecule has 0 unspecified atom stereocenters. The summed E-state index contributed by atoms with van der Waals surface area (Å²) in [5.74, 6) is -0.408. The molecule has 0 saturated heterocycles. The monoisotopic (exact) mass is 380 g/mol. The predicted molar refractivity (Wildman–Crippen MR) is 80.2 cm³/mol. The van der Waals surface area contributed by atoms with Crippen LogP contribution in [0.2, 0.25) is 5.02 Å². The Hall–Kier alpha value is -0.630. The summed E-state index contributed by atoms with van der Waals surface area (Å²) >= 11 is 9.16. The van der Waals surface area contributed by atoms with Crippen molar-refractivity contribution in [2.24, 2.45) is 10.6 Å². The molecule has 1 amide bonds. The molecule has 8 heteroatoms. The van der Waals surface area contributed by atoms with Crippen molar-refractivity contribution >= 4 is 43.5 Å². The quantitative estimate of drug-likeness (QED) is 0.838. The Morgan fingerprint density at radius 1 is 1.50 bits per heavy atom. The summed E-state index contributed by atoms with van der Waals surface area (Å²) in [6, 6.07) is 2.46. The third-order valence-electron chi connectivity index (χ3n) is 3.35.